The summed E-state index contributed by atoms with van der Waals surface area (Å²) in [5.41, 5.74) is 0. The van der Waals surface area contributed by atoms with E-state index in [9.17, 15) is 9.59 Å². The summed E-state index contributed by atoms with van der Waals surface area (Å²) in [6.45, 7) is 3.00. The van der Waals surface area contributed by atoms with Crippen molar-refractivity contribution in [2.24, 2.45) is 0 Å². The van der Waals surface area contributed by atoms with Crippen LogP contribution in [-0.2, 0) is 4.79 Å². The molecular weight excluding hydrogens is 272 g/mol. The number of carboxylic acid groups (broad SMARTS) is 1. The molecule has 10 heteroatoms. The largest absolute Gasteiger partial charge is 0.481 e. The van der Waals surface area contributed by atoms with Crippen LogP contribution in [0.1, 0.15) is 6.42 Å². The summed E-state index contributed by atoms with van der Waals surface area (Å²) < 4.78 is 3.56. The Bertz CT molecular complexity index is 431. The lowest BCUT2D eigenvalue weighted by molar-refractivity contribution is -0.137. The summed E-state index contributed by atoms with van der Waals surface area (Å²) in [5, 5.41) is 18.6. The highest BCUT2D eigenvalue weighted by Gasteiger charge is 2.21. The van der Waals surface area contributed by atoms with Crippen molar-refractivity contribution in [2.45, 2.75) is 6.42 Å². The molecule has 104 valence electrons. The van der Waals surface area contributed by atoms with Crippen LogP contribution in [0.5, 0.6) is 0 Å². The first-order valence-corrected chi connectivity index (χ1v) is 6.57. The molecule has 0 aromatic carbocycles. The molecule has 1 aromatic heterocycles. The molecule has 2 rings (SSSR count). The normalized spacial score (nSPS) is 16.3. The van der Waals surface area contributed by atoms with Crippen LogP contribution in [0.15, 0.2) is 0 Å². The van der Waals surface area contributed by atoms with Crippen LogP contribution in [0.4, 0.5) is 9.93 Å². The molecule has 0 aliphatic carbocycles. The van der Waals surface area contributed by atoms with Crippen molar-refractivity contribution in [3.63, 3.8) is 0 Å². The molecule has 2 N–H and O–H groups in total. The smallest absolute Gasteiger partial charge is 0.323 e. The lowest BCUT2D eigenvalue weighted by Crippen LogP contribution is -2.50. The lowest BCUT2D eigenvalue weighted by atomic mass is 10.3. The van der Waals surface area contributed by atoms with Crippen molar-refractivity contribution in [1.29, 1.82) is 0 Å². The average molecular weight is 286 g/mol. The van der Waals surface area contributed by atoms with Crippen LogP contribution in [0, 0.1) is 0 Å². The molecule has 9 nitrogen and oxygen atoms in total. The molecule has 1 aromatic rings. The van der Waals surface area contributed by atoms with Gasteiger partial charge in [-0.05, 0) is 5.21 Å². The fourth-order valence-corrected chi connectivity index (χ4v) is 2.14. The SMILES string of the molecule is O=C(O)CCN1CCN(C(=O)Nc2nnns2)CC1. The third-order valence-corrected chi connectivity index (χ3v) is 3.33. The van der Waals surface area contributed by atoms with Crippen LogP contribution >= 0.6 is 11.5 Å². The van der Waals surface area contributed by atoms with Crippen molar-refractivity contribution >= 4 is 28.7 Å². The Kier molecular flexibility index (Phi) is 4.58. The number of urea groups is 1. The molecule has 0 atom stereocenters. The molecule has 2 heterocycles. The quantitative estimate of drug-likeness (QED) is 0.771. The van der Waals surface area contributed by atoms with Gasteiger partial charge in [0.05, 0.1) is 6.42 Å². The minimum atomic E-state index is -0.802. The number of nitrogens with one attached hydrogen (secondary N) is 1. The third-order valence-electron chi connectivity index (χ3n) is 2.81. The predicted octanol–water partition coefficient (Wildman–Crippen LogP) is -0.443. The number of rotatable bonds is 4. The molecule has 2 amide bonds. The van der Waals surface area contributed by atoms with E-state index in [4.69, 9.17) is 5.11 Å². The third kappa shape index (κ3) is 4.10. The van der Waals surface area contributed by atoms with Crippen LogP contribution in [0.2, 0.25) is 0 Å². The van der Waals surface area contributed by atoms with Gasteiger partial charge in [0.2, 0.25) is 5.13 Å². The maximum Gasteiger partial charge on any atom is 0.323 e. The number of piperazine rings is 1. The Morgan fingerprint density at radius 2 is 2.05 bits per heavy atom. The highest BCUT2D eigenvalue weighted by molar-refractivity contribution is 7.09. The molecule has 0 spiro atoms. The number of anilines is 1. The number of carbonyl (C=O) groups is 2. The van der Waals surface area contributed by atoms with Gasteiger partial charge < -0.3 is 10.0 Å². The highest BCUT2D eigenvalue weighted by atomic mass is 32.1. The van der Waals surface area contributed by atoms with Crippen molar-refractivity contribution in [3.8, 4) is 0 Å². The number of carbonyl (C=O) groups excluding carboxylic acids is 1. The fraction of sp³-hybridized carbons (Fsp3) is 0.667. The maximum absolute atomic E-state index is 11.9. The van der Waals surface area contributed by atoms with Crippen molar-refractivity contribution in [1.82, 2.24) is 24.6 Å². The Morgan fingerprint density at radius 1 is 1.32 bits per heavy atom. The van der Waals surface area contributed by atoms with Crippen LogP contribution in [-0.4, -0.2) is 74.4 Å². The topological polar surface area (TPSA) is 112 Å². The molecule has 0 saturated carbocycles. The van der Waals surface area contributed by atoms with E-state index in [1.807, 2.05) is 4.90 Å². The molecule has 0 unspecified atom stereocenters. The molecule has 19 heavy (non-hydrogen) atoms. The van der Waals surface area contributed by atoms with E-state index in [0.29, 0.717) is 37.9 Å². The minimum Gasteiger partial charge on any atom is -0.481 e. The lowest BCUT2D eigenvalue weighted by Gasteiger charge is -2.34. The van der Waals surface area contributed by atoms with Crippen LogP contribution in [0.25, 0.3) is 0 Å². The van der Waals surface area contributed by atoms with Gasteiger partial charge in [0, 0.05) is 44.3 Å². The highest BCUT2D eigenvalue weighted by Crippen LogP contribution is 2.08. The van der Waals surface area contributed by atoms with E-state index >= 15 is 0 Å². The molecule has 0 bridgehead atoms. The summed E-state index contributed by atoms with van der Waals surface area (Å²) >= 11 is 1.02. The number of amides is 2. The zero-order valence-electron chi connectivity index (χ0n) is 10.2. The van der Waals surface area contributed by atoms with E-state index in [1.54, 1.807) is 4.90 Å². The van der Waals surface area contributed by atoms with Gasteiger partial charge in [-0.3, -0.25) is 15.0 Å². The Labute approximate surface area is 113 Å². The summed E-state index contributed by atoms with van der Waals surface area (Å²) in [4.78, 5) is 26.0. The van der Waals surface area contributed by atoms with Gasteiger partial charge in [-0.2, -0.15) is 0 Å². The fourth-order valence-electron chi connectivity index (χ4n) is 1.78. The van der Waals surface area contributed by atoms with Gasteiger partial charge in [-0.25, -0.2) is 4.79 Å². The minimum absolute atomic E-state index is 0.128. The second-order valence-corrected chi connectivity index (χ2v) is 4.80. The van der Waals surface area contributed by atoms with Gasteiger partial charge in [-0.1, -0.05) is 9.59 Å². The van der Waals surface area contributed by atoms with Gasteiger partial charge in [0.1, 0.15) is 0 Å². The zero-order valence-corrected chi connectivity index (χ0v) is 11.0. The summed E-state index contributed by atoms with van der Waals surface area (Å²) in [5.74, 6) is -0.802. The number of hydrogen-bond donors (Lipinski definition) is 2. The Balaban J connectivity index is 1.73. The van der Waals surface area contributed by atoms with Crippen molar-refractivity contribution < 1.29 is 14.7 Å². The summed E-state index contributed by atoms with van der Waals surface area (Å²) in [6, 6.07) is -0.226. The first kappa shape index (κ1) is 13.6. The maximum atomic E-state index is 11.9. The first-order chi connectivity index (χ1) is 9.15. The summed E-state index contributed by atoms with van der Waals surface area (Å²) in [6.07, 6.45) is 0.128. The second kappa shape index (κ2) is 6.38. The standard InChI is InChI=1S/C9H14N6O3S/c16-7(17)1-2-14-3-5-15(6-4-14)9(18)10-8-11-12-13-19-8/h1-6H2,(H,16,17)(H,10,11,13,18). The van der Waals surface area contributed by atoms with Crippen LogP contribution in [0.3, 0.4) is 0 Å². The van der Waals surface area contributed by atoms with E-state index < -0.39 is 5.97 Å². The number of carboxylic acids is 1. The molecular formula is C9H14N6O3S. The average Bonchev–Trinajstić information content (AvgIpc) is 2.89. The number of nitrogens with zero attached hydrogens (tertiary/aromatic N) is 5. The monoisotopic (exact) mass is 286 g/mol. The molecule has 1 aliphatic rings. The Morgan fingerprint density at radius 3 is 2.63 bits per heavy atom. The van der Waals surface area contributed by atoms with Crippen LogP contribution < -0.4 is 5.32 Å². The van der Waals surface area contributed by atoms with Gasteiger partial charge in [-0.15, -0.1) is 0 Å². The molecule has 1 aliphatic heterocycles. The van der Waals surface area contributed by atoms with E-state index in [2.05, 4.69) is 20.1 Å². The van der Waals surface area contributed by atoms with E-state index in [-0.39, 0.29) is 12.5 Å². The van der Waals surface area contributed by atoms with Gasteiger partial charge in [0.15, 0.2) is 0 Å². The molecule has 1 saturated heterocycles. The van der Waals surface area contributed by atoms with E-state index in [0.717, 1.165) is 11.5 Å². The van der Waals surface area contributed by atoms with Gasteiger partial charge in [0.25, 0.3) is 0 Å². The van der Waals surface area contributed by atoms with Gasteiger partial charge >= 0.3 is 12.0 Å². The number of aromatic nitrogens is 3. The number of hydrogen-bond acceptors (Lipinski definition) is 7. The summed E-state index contributed by atoms with van der Waals surface area (Å²) in [7, 11) is 0. The number of aliphatic carboxylic acids is 1. The molecule has 0 radical (unpaired) electrons. The van der Waals surface area contributed by atoms with E-state index in [1.165, 1.54) is 0 Å². The predicted molar refractivity (Wildman–Crippen MR) is 67.0 cm³/mol. The van der Waals surface area contributed by atoms with Crippen molar-refractivity contribution in [3.05, 3.63) is 0 Å². The molecule has 1 fully saturated rings. The zero-order chi connectivity index (χ0) is 13.7. The Hall–Kier alpha value is -1.81. The second-order valence-electron chi connectivity index (χ2n) is 4.07. The van der Waals surface area contributed by atoms with Crippen molar-refractivity contribution in [2.75, 3.05) is 38.0 Å². The first-order valence-electron chi connectivity index (χ1n) is 5.80.